The van der Waals surface area contributed by atoms with Gasteiger partial charge in [-0.3, -0.25) is 0 Å². The lowest BCUT2D eigenvalue weighted by atomic mass is 10.0. The number of benzene rings is 1. The van der Waals surface area contributed by atoms with E-state index < -0.39 is 0 Å². The number of aromatic amines is 1. The summed E-state index contributed by atoms with van der Waals surface area (Å²) in [6, 6.07) is 10.3. The second-order valence-electron chi connectivity index (χ2n) is 4.31. The first-order valence-electron chi connectivity index (χ1n) is 5.86. The lowest BCUT2D eigenvalue weighted by Crippen LogP contribution is -1.90. The van der Waals surface area contributed by atoms with Crippen LogP contribution in [0.5, 0.6) is 5.88 Å². The zero-order valence-corrected chi connectivity index (χ0v) is 10.4. The van der Waals surface area contributed by atoms with Crippen molar-refractivity contribution in [3.63, 3.8) is 0 Å². The molecule has 1 N–H and O–H groups in total. The molecule has 0 unspecified atom stereocenters. The first-order chi connectivity index (χ1) is 8.79. The van der Waals surface area contributed by atoms with Crippen molar-refractivity contribution in [1.82, 2.24) is 9.97 Å². The number of methoxy groups -OCH3 is 1. The molecule has 90 valence electrons. The summed E-state index contributed by atoms with van der Waals surface area (Å²) in [4.78, 5) is 7.53. The van der Waals surface area contributed by atoms with E-state index in [0.29, 0.717) is 5.88 Å². The van der Waals surface area contributed by atoms with E-state index in [-0.39, 0.29) is 0 Å². The van der Waals surface area contributed by atoms with Crippen LogP contribution in [0.3, 0.4) is 0 Å². The van der Waals surface area contributed by atoms with Gasteiger partial charge in [0, 0.05) is 34.4 Å². The minimum absolute atomic E-state index is 0.653. The van der Waals surface area contributed by atoms with Crippen LogP contribution in [0.25, 0.3) is 22.0 Å². The fourth-order valence-electron chi connectivity index (χ4n) is 2.22. The second kappa shape index (κ2) is 4.18. The van der Waals surface area contributed by atoms with Crippen molar-refractivity contribution in [3.8, 4) is 17.0 Å². The molecule has 0 aliphatic carbocycles. The van der Waals surface area contributed by atoms with Crippen molar-refractivity contribution >= 4 is 10.9 Å². The highest BCUT2D eigenvalue weighted by molar-refractivity contribution is 5.96. The minimum Gasteiger partial charge on any atom is -0.481 e. The van der Waals surface area contributed by atoms with Crippen molar-refractivity contribution in [1.29, 1.82) is 0 Å². The van der Waals surface area contributed by atoms with Gasteiger partial charge in [-0.2, -0.15) is 0 Å². The minimum atomic E-state index is 0.653. The molecule has 0 aliphatic rings. The maximum absolute atomic E-state index is 5.32. The molecule has 18 heavy (non-hydrogen) atoms. The lowest BCUT2D eigenvalue weighted by molar-refractivity contribution is 0.400. The van der Waals surface area contributed by atoms with Gasteiger partial charge in [0.25, 0.3) is 0 Å². The summed E-state index contributed by atoms with van der Waals surface area (Å²) in [5.74, 6) is 0.653. The third kappa shape index (κ3) is 1.64. The van der Waals surface area contributed by atoms with Gasteiger partial charge in [-0.05, 0) is 31.2 Å². The van der Waals surface area contributed by atoms with Crippen LogP contribution in [-0.2, 0) is 0 Å². The van der Waals surface area contributed by atoms with Crippen LogP contribution in [0, 0.1) is 6.92 Å². The van der Waals surface area contributed by atoms with Gasteiger partial charge in [-0.25, -0.2) is 4.98 Å². The van der Waals surface area contributed by atoms with Gasteiger partial charge < -0.3 is 9.72 Å². The van der Waals surface area contributed by atoms with E-state index in [9.17, 15) is 0 Å². The zero-order valence-electron chi connectivity index (χ0n) is 10.4. The first kappa shape index (κ1) is 10.8. The van der Waals surface area contributed by atoms with Crippen molar-refractivity contribution in [2.24, 2.45) is 0 Å². The molecule has 0 bridgehead atoms. The van der Waals surface area contributed by atoms with Gasteiger partial charge in [0.1, 0.15) is 0 Å². The van der Waals surface area contributed by atoms with Gasteiger partial charge in [-0.1, -0.05) is 11.6 Å². The van der Waals surface area contributed by atoms with E-state index in [0.717, 1.165) is 16.6 Å². The number of fused-ring (bicyclic) bond motifs is 1. The molecule has 0 amide bonds. The van der Waals surface area contributed by atoms with Gasteiger partial charge in [-0.15, -0.1) is 0 Å². The Morgan fingerprint density at radius 2 is 2.06 bits per heavy atom. The van der Waals surface area contributed by atoms with E-state index >= 15 is 0 Å². The number of ether oxygens (including phenoxy) is 1. The quantitative estimate of drug-likeness (QED) is 0.741. The van der Waals surface area contributed by atoms with E-state index in [1.54, 1.807) is 13.3 Å². The summed E-state index contributed by atoms with van der Waals surface area (Å²) >= 11 is 0. The number of aryl methyl sites for hydroxylation is 1. The summed E-state index contributed by atoms with van der Waals surface area (Å²) in [5.41, 5.74) is 4.50. The highest BCUT2D eigenvalue weighted by Crippen LogP contribution is 2.33. The predicted octanol–water partition coefficient (Wildman–Crippen LogP) is 3.55. The zero-order chi connectivity index (χ0) is 12.5. The van der Waals surface area contributed by atoms with Crippen LogP contribution < -0.4 is 4.74 Å². The largest absolute Gasteiger partial charge is 0.481 e. The van der Waals surface area contributed by atoms with Gasteiger partial charge in [0.15, 0.2) is 0 Å². The molecule has 2 heterocycles. The average molecular weight is 238 g/mol. The molecule has 2 aromatic heterocycles. The van der Waals surface area contributed by atoms with Crippen LogP contribution in [0.4, 0.5) is 0 Å². The molecule has 0 spiro atoms. The predicted molar refractivity (Wildman–Crippen MR) is 72.8 cm³/mol. The Labute approximate surface area is 105 Å². The number of hydrogen-bond donors (Lipinski definition) is 1. The summed E-state index contributed by atoms with van der Waals surface area (Å²) in [7, 11) is 1.64. The SMILES string of the molecule is COc1ncccc1-c1c[nH]c2ccc(C)cc12. The molecular formula is C15H14N2O. The van der Waals surface area contributed by atoms with Crippen molar-refractivity contribution in [2.45, 2.75) is 6.92 Å². The Morgan fingerprint density at radius 3 is 2.89 bits per heavy atom. The Balaban J connectivity index is 2.28. The van der Waals surface area contributed by atoms with Crippen molar-refractivity contribution in [3.05, 3.63) is 48.3 Å². The van der Waals surface area contributed by atoms with Crippen molar-refractivity contribution in [2.75, 3.05) is 7.11 Å². The summed E-state index contributed by atoms with van der Waals surface area (Å²) in [6.45, 7) is 2.09. The van der Waals surface area contributed by atoms with Crippen LogP contribution in [0.2, 0.25) is 0 Å². The Kier molecular flexibility index (Phi) is 2.52. The molecule has 0 saturated carbocycles. The molecule has 0 radical (unpaired) electrons. The number of aromatic nitrogens is 2. The molecule has 3 nitrogen and oxygen atoms in total. The van der Waals surface area contributed by atoms with Crippen LogP contribution in [0.15, 0.2) is 42.7 Å². The van der Waals surface area contributed by atoms with Crippen LogP contribution in [-0.4, -0.2) is 17.1 Å². The Bertz CT molecular complexity index is 701. The number of rotatable bonds is 2. The van der Waals surface area contributed by atoms with Crippen LogP contribution >= 0.6 is 0 Å². The lowest BCUT2D eigenvalue weighted by Gasteiger charge is -2.05. The summed E-state index contributed by atoms with van der Waals surface area (Å²) < 4.78 is 5.32. The molecule has 0 saturated heterocycles. The van der Waals surface area contributed by atoms with Gasteiger partial charge in [0.05, 0.1) is 7.11 Å². The van der Waals surface area contributed by atoms with E-state index in [1.807, 2.05) is 18.3 Å². The Morgan fingerprint density at radius 1 is 1.17 bits per heavy atom. The fraction of sp³-hybridized carbons (Fsp3) is 0.133. The van der Waals surface area contributed by atoms with Crippen molar-refractivity contribution < 1.29 is 4.74 Å². The molecule has 1 aromatic carbocycles. The fourth-order valence-corrected chi connectivity index (χ4v) is 2.22. The van der Waals surface area contributed by atoms with Gasteiger partial charge in [0.2, 0.25) is 5.88 Å². The maximum Gasteiger partial charge on any atom is 0.221 e. The van der Waals surface area contributed by atoms with E-state index in [4.69, 9.17) is 4.74 Å². The second-order valence-corrected chi connectivity index (χ2v) is 4.31. The van der Waals surface area contributed by atoms with Gasteiger partial charge >= 0.3 is 0 Å². The molecule has 0 aliphatic heterocycles. The first-order valence-corrected chi connectivity index (χ1v) is 5.86. The Hall–Kier alpha value is -2.29. The van der Waals surface area contributed by atoms with E-state index in [1.165, 1.54) is 10.9 Å². The topological polar surface area (TPSA) is 37.9 Å². The van der Waals surface area contributed by atoms with E-state index in [2.05, 4.69) is 35.1 Å². The molecular weight excluding hydrogens is 224 g/mol. The maximum atomic E-state index is 5.32. The molecule has 3 rings (SSSR count). The molecule has 0 atom stereocenters. The summed E-state index contributed by atoms with van der Waals surface area (Å²) in [5, 5.41) is 1.20. The number of hydrogen-bond acceptors (Lipinski definition) is 2. The molecule has 3 aromatic rings. The number of H-pyrrole nitrogens is 1. The summed E-state index contributed by atoms with van der Waals surface area (Å²) in [6.07, 6.45) is 3.74. The monoisotopic (exact) mass is 238 g/mol. The number of pyridine rings is 1. The molecule has 3 heteroatoms. The third-order valence-corrected chi connectivity index (χ3v) is 3.09. The molecule has 0 fully saturated rings. The highest BCUT2D eigenvalue weighted by atomic mass is 16.5. The third-order valence-electron chi connectivity index (χ3n) is 3.09. The standard InChI is InChI=1S/C15H14N2O/c1-10-5-6-14-12(8-10)13(9-17-14)11-4-3-7-16-15(11)18-2/h3-9,17H,1-2H3. The van der Waals surface area contributed by atoms with Crippen LogP contribution in [0.1, 0.15) is 5.56 Å². The number of nitrogens with zero attached hydrogens (tertiary/aromatic N) is 1. The highest BCUT2D eigenvalue weighted by Gasteiger charge is 2.11. The number of nitrogens with one attached hydrogen (secondary N) is 1. The smallest absolute Gasteiger partial charge is 0.221 e. The average Bonchev–Trinajstić information content (AvgIpc) is 2.81. The normalized spacial score (nSPS) is 10.8.